The van der Waals surface area contributed by atoms with Gasteiger partial charge >= 0.3 is 5.97 Å². The summed E-state index contributed by atoms with van der Waals surface area (Å²) < 4.78 is 5.09. The van der Waals surface area contributed by atoms with Crippen LogP contribution in [0.25, 0.3) is 0 Å². The summed E-state index contributed by atoms with van der Waals surface area (Å²) in [4.78, 5) is 39.1. The molecule has 1 heterocycles. The van der Waals surface area contributed by atoms with Crippen LogP contribution in [0.2, 0.25) is 0 Å². The van der Waals surface area contributed by atoms with E-state index in [2.05, 4.69) is 10.3 Å². The van der Waals surface area contributed by atoms with Gasteiger partial charge in [-0.15, -0.1) is 0 Å². The van der Waals surface area contributed by atoms with E-state index in [4.69, 9.17) is 4.74 Å². The molecule has 1 unspecified atom stereocenters. The number of esters is 1. The third kappa shape index (κ3) is 4.47. The lowest BCUT2D eigenvalue weighted by molar-refractivity contribution is -0.123. The van der Waals surface area contributed by atoms with Gasteiger partial charge in [-0.3, -0.25) is 14.6 Å². The molecule has 0 spiro atoms. The van der Waals surface area contributed by atoms with Crippen LogP contribution in [0.15, 0.2) is 48.8 Å². The van der Waals surface area contributed by atoms with Crippen LogP contribution in [0.5, 0.6) is 0 Å². The zero-order valence-electron chi connectivity index (χ0n) is 12.8. The van der Waals surface area contributed by atoms with Crippen LogP contribution in [0, 0.1) is 0 Å². The van der Waals surface area contributed by atoms with E-state index in [1.165, 1.54) is 26.2 Å². The van der Waals surface area contributed by atoms with Crippen molar-refractivity contribution in [1.82, 2.24) is 4.98 Å². The zero-order valence-corrected chi connectivity index (χ0v) is 12.8. The van der Waals surface area contributed by atoms with Crippen molar-refractivity contribution in [2.45, 2.75) is 20.0 Å². The summed E-state index contributed by atoms with van der Waals surface area (Å²) in [6.07, 6.45) is 1.92. The number of ether oxygens (including phenoxy) is 1. The molecule has 1 N–H and O–H groups in total. The Morgan fingerprint density at radius 2 is 1.87 bits per heavy atom. The van der Waals surface area contributed by atoms with E-state index in [1.54, 1.807) is 36.4 Å². The fourth-order valence-electron chi connectivity index (χ4n) is 1.83. The molecule has 0 aliphatic heterocycles. The molecule has 2 rings (SSSR count). The van der Waals surface area contributed by atoms with Crippen LogP contribution in [0.1, 0.15) is 34.6 Å². The maximum absolute atomic E-state index is 12.1. The molecule has 0 saturated heterocycles. The summed E-state index contributed by atoms with van der Waals surface area (Å²) in [6.45, 7) is 2.91. The number of carbonyl (C=O) groups is 3. The third-order valence-corrected chi connectivity index (χ3v) is 3.09. The van der Waals surface area contributed by atoms with Gasteiger partial charge < -0.3 is 10.1 Å². The first-order valence-electron chi connectivity index (χ1n) is 7.00. The number of benzene rings is 1. The van der Waals surface area contributed by atoms with E-state index in [-0.39, 0.29) is 11.3 Å². The molecule has 6 heteroatoms. The highest BCUT2D eigenvalue weighted by Crippen LogP contribution is 2.12. The minimum atomic E-state index is -0.983. The molecule has 0 radical (unpaired) electrons. The number of hydrogen-bond donors (Lipinski definition) is 1. The summed E-state index contributed by atoms with van der Waals surface area (Å²) >= 11 is 0. The largest absolute Gasteiger partial charge is 0.449 e. The lowest BCUT2D eigenvalue weighted by atomic mass is 10.1. The van der Waals surface area contributed by atoms with Gasteiger partial charge in [0.2, 0.25) is 0 Å². The van der Waals surface area contributed by atoms with Crippen molar-refractivity contribution < 1.29 is 19.1 Å². The number of carbonyl (C=O) groups excluding carboxylic acids is 3. The molecular formula is C17H16N2O4. The molecule has 0 saturated carbocycles. The van der Waals surface area contributed by atoms with Crippen LogP contribution in [-0.4, -0.2) is 28.7 Å². The molecule has 1 amide bonds. The van der Waals surface area contributed by atoms with E-state index >= 15 is 0 Å². The van der Waals surface area contributed by atoms with Gasteiger partial charge in [0.1, 0.15) is 0 Å². The molecule has 1 aromatic carbocycles. The number of pyridine rings is 1. The van der Waals surface area contributed by atoms with Crippen molar-refractivity contribution in [2.24, 2.45) is 0 Å². The standard InChI is InChI=1S/C17H16N2O4/c1-11(20)13-5-3-7-15(9-13)19-16(21)12(2)23-17(22)14-6-4-8-18-10-14/h3-10,12H,1-2H3,(H,19,21). The van der Waals surface area contributed by atoms with Gasteiger partial charge in [-0.2, -0.15) is 0 Å². The SMILES string of the molecule is CC(=O)c1cccc(NC(=O)C(C)OC(=O)c2cccnc2)c1. The number of anilines is 1. The Balaban J connectivity index is 1.99. The van der Waals surface area contributed by atoms with Crippen LogP contribution >= 0.6 is 0 Å². The van der Waals surface area contributed by atoms with Crippen molar-refractivity contribution in [3.63, 3.8) is 0 Å². The van der Waals surface area contributed by atoms with Crippen molar-refractivity contribution in [3.05, 3.63) is 59.9 Å². The van der Waals surface area contributed by atoms with Gasteiger partial charge in [0.05, 0.1) is 5.56 Å². The summed E-state index contributed by atoms with van der Waals surface area (Å²) in [6, 6.07) is 9.70. The van der Waals surface area contributed by atoms with E-state index < -0.39 is 18.0 Å². The number of aromatic nitrogens is 1. The Labute approximate surface area is 133 Å². The second-order valence-corrected chi connectivity index (χ2v) is 4.92. The molecule has 0 aliphatic carbocycles. The van der Waals surface area contributed by atoms with Crippen molar-refractivity contribution in [3.8, 4) is 0 Å². The van der Waals surface area contributed by atoms with Crippen LogP contribution < -0.4 is 5.32 Å². The third-order valence-electron chi connectivity index (χ3n) is 3.09. The lowest BCUT2D eigenvalue weighted by Crippen LogP contribution is -2.30. The van der Waals surface area contributed by atoms with Gasteiger partial charge in [-0.05, 0) is 38.1 Å². The van der Waals surface area contributed by atoms with E-state index in [1.807, 2.05) is 0 Å². The summed E-state index contributed by atoms with van der Waals surface area (Å²) in [5.74, 6) is -1.21. The first kappa shape index (κ1) is 16.4. The predicted molar refractivity (Wildman–Crippen MR) is 84.2 cm³/mol. The van der Waals surface area contributed by atoms with Crippen molar-refractivity contribution in [1.29, 1.82) is 0 Å². The number of nitrogens with zero attached hydrogens (tertiary/aromatic N) is 1. The van der Waals surface area contributed by atoms with Crippen molar-refractivity contribution >= 4 is 23.3 Å². The normalized spacial score (nSPS) is 11.4. The van der Waals surface area contributed by atoms with E-state index in [9.17, 15) is 14.4 Å². The highest BCUT2D eigenvalue weighted by atomic mass is 16.5. The van der Waals surface area contributed by atoms with Gasteiger partial charge in [-0.1, -0.05) is 12.1 Å². The Morgan fingerprint density at radius 3 is 2.52 bits per heavy atom. The topological polar surface area (TPSA) is 85.4 Å². The number of nitrogens with one attached hydrogen (secondary N) is 1. The zero-order chi connectivity index (χ0) is 16.8. The van der Waals surface area contributed by atoms with Crippen LogP contribution in [0.3, 0.4) is 0 Å². The van der Waals surface area contributed by atoms with Crippen LogP contribution in [0.4, 0.5) is 5.69 Å². The number of hydrogen-bond acceptors (Lipinski definition) is 5. The average molecular weight is 312 g/mol. The minimum Gasteiger partial charge on any atom is -0.449 e. The maximum atomic E-state index is 12.1. The Hall–Kier alpha value is -3.02. The smallest absolute Gasteiger partial charge is 0.340 e. The fourth-order valence-corrected chi connectivity index (χ4v) is 1.83. The molecular weight excluding hydrogens is 296 g/mol. The second-order valence-electron chi connectivity index (χ2n) is 4.92. The van der Waals surface area contributed by atoms with Gasteiger partial charge in [0.15, 0.2) is 11.9 Å². The number of amides is 1. The lowest BCUT2D eigenvalue weighted by Gasteiger charge is -2.13. The molecule has 6 nitrogen and oxygen atoms in total. The van der Waals surface area contributed by atoms with E-state index in [0.29, 0.717) is 11.3 Å². The minimum absolute atomic E-state index is 0.0999. The summed E-state index contributed by atoms with van der Waals surface area (Å²) in [7, 11) is 0. The summed E-state index contributed by atoms with van der Waals surface area (Å²) in [5.41, 5.74) is 1.22. The molecule has 1 atom stereocenters. The van der Waals surface area contributed by atoms with Crippen LogP contribution in [-0.2, 0) is 9.53 Å². The Kier molecular flexibility index (Phi) is 5.19. The van der Waals surface area contributed by atoms with Crippen molar-refractivity contribution in [2.75, 3.05) is 5.32 Å². The molecule has 0 aliphatic rings. The number of Topliss-reactive ketones (excluding diaryl/α,β-unsaturated/α-hetero) is 1. The molecule has 23 heavy (non-hydrogen) atoms. The first-order valence-corrected chi connectivity index (χ1v) is 7.00. The molecule has 118 valence electrons. The monoisotopic (exact) mass is 312 g/mol. The molecule has 1 aromatic heterocycles. The number of ketones is 1. The number of rotatable bonds is 5. The Morgan fingerprint density at radius 1 is 1.13 bits per heavy atom. The second kappa shape index (κ2) is 7.31. The molecule has 0 fully saturated rings. The van der Waals surface area contributed by atoms with E-state index in [0.717, 1.165) is 0 Å². The average Bonchev–Trinajstić information content (AvgIpc) is 2.55. The highest BCUT2D eigenvalue weighted by Gasteiger charge is 2.19. The molecule has 2 aromatic rings. The predicted octanol–water partition coefficient (Wildman–Crippen LogP) is 2.47. The van der Waals surface area contributed by atoms with Gasteiger partial charge in [0, 0.05) is 23.6 Å². The summed E-state index contributed by atoms with van der Waals surface area (Å²) in [5, 5.41) is 2.61. The first-order chi connectivity index (χ1) is 11.0. The van der Waals surface area contributed by atoms with Gasteiger partial charge in [-0.25, -0.2) is 4.79 Å². The Bertz CT molecular complexity index is 728. The van der Waals surface area contributed by atoms with Gasteiger partial charge in [0.25, 0.3) is 5.91 Å². The molecule has 0 bridgehead atoms. The highest BCUT2D eigenvalue weighted by molar-refractivity contribution is 5.99. The quantitative estimate of drug-likeness (QED) is 0.677. The maximum Gasteiger partial charge on any atom is 0.340 e. The fraction of sp³-hybridized carbons (Fsp3) is 0.176.